The molecule has 0 saturated heterocycles. The van der Waals surface area contributed by atoms with Crippen LogP contribution in [0.5, 0.6) is 0 Å². The van der Waals surface area contributed by atoms with Gasteiger partial charge in [-0.1, -0.05) is 12.1 Å². The normalized spacial score (nSPS) is 14.1. The largest absolute Gasteiger partial charge is 0.370 e. The number of sulfonamides is 1. The van der Waals surface area contributed by atoms with Gasteiger partial charge in [-0.3, -0.25) is 15.7 Å². The zero-order valence-corrected chi connectivity index (χ0v) is 15.6. The maximum Gasteiger partial charge on any atom is 0.238 e. The van der Waals surface area contributed by atoms with Gasteiger partial charge in [-0.15, -0.1) is 0 Å². The lowest BCUT2D eigenvalue weighted by atomic mass is 10.1. The van der Waals surface area contributed by atoms with Gasteiger partial charge in [0, 0.05) is 6.54 Å². The Labute approximate surface area is 158 Å². The number of nitrogens with two attached hydrogens (primary N) is 2. The zero-order chi connectivity index (χ0) is 19.4. The molecular formula is C18H23N5O3S. The predicted molar refractivity (Wildman–Crippen MR) is 106 cm³/mol. The average molecular weight is 389 g/mol. The molecule has 0 amide bonds. The van der Waals surface area contributed by atoms with Crippen LogP contribution in [0, 0.1) is 0 Å². The van der Waals surface area contributed by atoms with Gasteiger partial charge >= 0.3 is 0 Å². The van der Waals surface area contributed by atoms with Gasteiger partial charge in [0.05, 0.1) is 16.3 Å². The Bertz CT molecular complexity index is 956. The van der Waals surface area contributed by atoms with Crippen molar-refractivity contribution in [1.82, 2.24) is 0 Å². The lowest BCUT2D eigenvalue weighted by Crippen LogP contribution is -2.23. The molecule has 1 aliphatic rings. The molecular weight excluding hydrogens is 366 g/mol. The van der Waals surface area contributed by atoms with Crippen molar-refractivity contribution in [2.75, 3.05) is 17.3 Å². The molecule has 3 rings (SSSR count). The molecule has 0 spiro atoms. The summed E-state index contributed by atoms with van der Waals surface area (Å²) in [6.45, 7) is 0.431. The molecule has 0 aliphatic heterocycles. The smallest absolute Gasteiger partial charge is 0.238 e. The van der Waals surface area contributed by atoms with Crippen molar-refractivity contribution >= 4 is 27.4 Å². The minimum Gasteiger partial charge on any atom is -0.370 e. The minimum atomic E-state index is -3.68. The van der Waals surface area contributed by atoms with E-state index in [1.807, 2.05) is 12.1 Å². The Hall–Kier alpha value is -2.62. The molecule has 0 radical (unpaired) electrons. The monoisotopic (exact) mass is 389 g/mol. The molecule has 0 bridgehead atoms. The third-order valence-electron chi connectivity index (χ3n) is 4.55. The number of anilines is 2. The van der Waals surface area contributed by atoms with Crippen molar-refractivity contribution in [1.29, 1.82) is 0 Å². The minimum absolute atomic E-state index is 0.0802. The Morgan fingerprint density at radius 2 is 1.74 bits per heavy atom. The van der Waals surface area contributed by atoms with Crippen LogP contribution < -0.4 is 21.7 Å². The van der Waals surface area contributed by atoms with Gasteiger partial charge in [0.2, 0.25) is 10.0 Å². The third kappa shape index (κ3) is 4.76. The fourth-order valence-electron chi connectivity index (χ4n) is 3.15. The second-order valence-electron chi connectivity index (χ2n) is 6.46. The second-order valence-corrected chi connectivity index (χ2v) is 8.02. The molecule has 0 fully saturated rings. The van der Waals surface area contributed by atoms with Crippen molar-refractivity contribution in [2.24, 2.45) is 15.9 Å². The molecule has 7 N–H and O–H groups in total. The number of primary sulfonamides is 1. The summed E-state index contributed by atoms with van der Waals surface area (Å²) >= 11 is 0. The third-order valence-corrected chi connectivity index (χ3v) is 5.48. The molecule has 144 valence electrons. The highest BCUT2D eigenvalue weighted by Gasteiger charge is 2.15. The number of fused-ring (bicyclic) bond motifs is 1. The summed E-state index contributed by atoms with van der Waals surface area (Å²) in [5.41, 5.74) is 12.8. The van der Waals surface area contributed by atoms with Gasteiger partial charge in [-0.25, -0.2) is 13.6 Å². The van der Waals surface area contributed by atoms with E-state index in [2.05, 4.69) is 15.8 Å². The summed E-state index contributed by atoms with van der Waals surface area (Å²) in [6.07, 6.45) is 3.74. The first-order valence-corrected chi connectivity index (χ1v) is 10.2. The molecule has 2 aromatic rings. The number of aliphatic imine (C=N–C) groups is 1. The maximum absolute atomic E-state index is 11.3. The fraction of sp³-hybridized carbons (Fsp3) is 0.278. The van der Waals surface area contributed by atoms with E-state index in [9.17, 15) is 13.6 Å². The van der Waals surface area contributed by atoms with Crippen molar-refractivity contribution in [3.05, 3.63) is 53.1 Å². The second kappa shape index (κ2) is 7.95. The summed E-state index contributed by atoms with van der Waals surface area (Å²) in [5, 5.41) is 17.4. The van der Waals surface area contributed by atoms with Crippen molar-refractivity contribution in [3.63, 3.8) is 0 Å². The van der Waals surface area contributed by atoms with Crippen LogP contribution in [0.1, 0.15) is 23.1 Å². The number of guanidine groups is 1. The summed E-state index contributed by atoms with van der Waals surface area (Å²) in [7, 11) is -3.68. The van der Waals surface area contributed by atoms with Gasteiger partial charge < -0.3 is 11.1 Å². The Kier molecular flexibility index (Phi) is 5.64. The number of hydrogen-bond donors (Lipinski definition) is 5. The molecule has 9 heteroatoms. The highest BCUT2D eigenvalue weighted by molar-refractivity contribution is 7.89. The van der Waals surface area contributed by atoms with E-state index in [1.54, 1.807) is 12.1 Å². The molecule has 1 aliphatic carbocycles. The topological polar surface area (TPSA) is 143 Å². The molecule has 0 aromatic heterocycles. The highest BCUT2D eigenvalue weighted by atomic mass is 32.2. The van der Waals surface area contributed by atoms with E-state index in [0.29, 0.717) is 24.3 Å². The van der Waals surface area contributed by atoms with Crippen molar-refractivity contribution in [3.8, 4) is 0 Å². The maximum atomic E-state index is 11.3. The van der Waals surface area contributed by atoms with E-state index in [-0.39, 0.29) is 10.9 Å². The number of benzene rings is 2. The van der Waals surface area contributed by atoms with Crippen molar-refractivity contribution < 1.29 is 13.6 Å². The number of hydrogen-bond acceptors (Lipinski definition) is 5. The predicted octanol–water partition coefficient (Wildman–Crippen LogP) is 1.59. The van der Waals surface area contributed by atoms with Gasteiger partial charge in [-0.2, -0.15) is 0 Å². The van der Waals surface area contributed by atoms with Crippen LogP contribution in [0.2, 0.25) is 0 Å². The Morgan fingerprint density at radius 1 is 1.11 bits per heavy atom. The first kappa shape index (κ1) is 19.2. The van der Waals surface area contributed by atoms with E-state index in [1.165, 1.54) is 23.3 Å². The van der Waals surface area contributed by atoms with E-state index >= 15 is 0 Å². The Morgan fingerprint density at radius 3 is 2.33 bits per heavy atom. The van der Waals surface area contributed by atoms with E-state index in [4.69, 9.17) is 10.9 Å². The highest BCUT2D eigenvalue weighted by Crippen LogP contribution is 2.31. The lowest BCUT2D eigenvalue weighted by Gasteiger charge is -2.13. The molecule has 0 unspecified atom stereocenters. The van der Waals surface area contributed by atoms with Crippen LogP contribution in [0.3, 0.4) is 0 Å². The molecule has 0 heterocycles. The van der Waals surface area contributed by atoms with E-state index < -0.39 is 10.0 Å². The van der Waals surface area contributed by atoms with Gasteiger partial charge in [-0.05, 0) is 66.6 Å². The van der Waals surface area contributed by atoms with Crippen molar-refractivity contribution in [2.45, 2.75) is 30.6 Å². The number of aryl methyl sites for hydroxylation is 2. The van der Waals surface area contributed by atoms with Gasteiger partial charge in [0.15, 0.2) is 5.96 Å². The average Bonchev–Trinajstić information content (AvgIpc) is 3.08. The lowest BCUT2D eigenvalue weighted by molar-refractivity contribution is 0.389. The fourth-order valence-corrected chi connectivity index (χ4v) is 3.66. The zero-order valence-electron chi connectivity index (χ0n) is 14.8. The SMILES string of the molecule is NC(=NCCc1ccc(S(N)(=O)=O)cc1)Nc1cc2c(cc1NO)CCC2. The Balaban J connectivity index is 1.62. The molecule has 0 atom stereocenters. The first-order valence-electron chi connectivity index (χ1n) is 8.61. The summed E-state index contributed by atoms with van der Waals surface area (Å²) in [5.74, 6) is 0.241. The van der Waals surface area contributed by atoms with Gasteiger partial charge in [0.1, 0.15) is 0 Å². The van der Waals surface area contributed by atoms with Crippen LogP contribution in [0.15, 0.2) is 46.3 Å². The number of nitrogens with zero attached hydrogens (tertiary/aromatic N) is 1. The summed E-state index contributed by atoms with van der Waals surface area (Å²) < 4.78 is 22.5. The summed E-state index contributed by atoms with van der Waals surface area (Å²) in [4.78, 5) is 4.37. The van der Waals surface area contributed by atoms with Crippen LogP contribution in [0.25, 0.3) is 0 Å². The van der Waals surface area contributed by atoms with Crippen LogP contribution in [0.4, 0.5) is 11.4 Å². The van der Waals surface area contributed by atoms with Gasteiger partial charge in [0.25, 0.3) is 0 Å². The molecule has 0 saturated carbocycles. The standard InChI is InChI=1S/C18H23N5O3S/c19-18(21-9-8-12-4-6-15(7-5-12)27(20,25)26)22-16-10-13-2-1-3-14(13)11-17(16)23-24/h4-7,10-11,23-24H,1-3,8-9H2,(H3,19,21,22)(H2,20,25,26). The molecule has 8 nitrogen and oxygen atoms in total. The quantitative estimate of drug-likeness (QED) is 0.288. The summed E-state index contributed by atoms with van der Waals surface area (Å²) in [6, 6.07) is 10.3. The van der Waals surface area contributed by atoms with Crippen LogP contribution >= 0.6 is 0 Å². The number of rotatable bonds is 6. The first-order chi connectivity index (χ1) is 12.9. The van der Waals surface area contributed by atoms with Crippen LogP contribution in [-0.4, -0.2) is 26.1 Å². The molecule has 27 heavy (non-hydrogen) atoms. The number of nitrogens with one attached hydrogen (secondary N) is 2. The molecule has 2 aromatic carbocycles. The van der Waals surface area contributed by atoms with Crippen LogP contribution in [-0.2, 0) is 29.3 Å². The van der Waals surface area contributed by atoms with E-state index in [0.717, 1.165) is 24.8 Å².